The fraction of sp³-hybridized carbons (Fsp3) is 0.900. The van der Waals surface area contributed by atoms with Gasteiger partial charge in [0.2, 0.25) is 0 Å². The molecule has 2 aliphatic carbocycles. The van der Waals surface area contributed by atoms with Crippen LogP contribution in [0, 0.1) is 16.7 Å². The number of Topliss-reactive ketones (excluding diaryl/α,β-unsaturated/α-hetero) is 1. The number of hydrogen-bond acceptors (Lipinski definition) is 1. The zero-order valence-electron chi connectivity index (χ0n) is 7.86. The van der Waals surface area contributed by atoms with Crippen LogP contribution in [0.25, 0.3) is 0 Å². The largest absolute Gasteiger partial charge is 0.299 e. The molecule has 1 nitrogen and oxygen atoms in total. The zero-order valence-corrected chi connectivity index (χ0v) is 9.44. The van der Waals surface area contributed by atoms with Crippen LogP contribution < -0.4 is 0 Å². The lowest BCUT2D eigenvalue weighted by molar-refractivity contribution is -0.128. The molecule has 0 aromatic heterocycles. The normalized spacial score (nSPS) is 50.2. The van der Waals surface area contributed by atoms with Gasteiger partial charge in [-0.15, -0.1) is 0 Å². The van der Waals surface area contributed by atoms with Gasteiger partial charge in [-0.3, -0.25) is 4.79 Å². The van der Waals surface area contributed by atoms with Crippen LogP contribution in [0.3, 0.4) is 0 Å². The number of carbonyl (C=O) groups excluding carboxylic acids is 1. The summed E-state index contributed by atoms with van der Waals surface area (Å²) >= 11 is 3.68. The molecule has 0 aromatic rings. The quantitative estimate of drug-likeness (QED) is 0.586. The second-order valence-electron chi connectivity index (χ2n) is 5.01. The molecule has 2 bridgehead atoms. The molecule has 0 radical (unpaired) electrons. The van der Waals surface area contributed by atoms with Crippen LogP contribution in [-0.2, 0) is 4.79 Å². The van der Waals surface area contributed by atoms with Crippen molar-refractivity contribution in [3.05, 3.63) is 0 Å². The molecule has 0 aromatic carbocycles. The minimum atomic E-state index is -0.0498. The maximum Gasteiger partial charge on any atom is 0.139 e. The Kier molecular flexibility index (Phi) is 1.56. The number of ketones is 1. The van der Waals surface area contributed by atoms with Gasteiger partial charge in [0.15, 0.2) is 0 Å². The fourth-order valence-electron chi connectivity index (χ4n) is 2.94. The molecule has 2 aliphatic rings. The third-order valence-electron chi connectivity index (χ3n) is 4.41. The highest BCUT2D eigenvalue weighted by Gasteiger charge is 2.64. The van der Waals surface area contributed by atoms with Crippen molar-refractivity contribution in [1.82, 2.24) is 0 Å². The van der Waals surface area contributed by atoms with Crippen LogP contribution in [0.1, 0.15) is 33.6 Å². The Morgan fingerprint density at radius 2 is 2.00 bits per heavy atom. The maximum absolute atomic E-state index is 11.7. The van der Waals surface area contributed by atoms with Crippen LogP contribution in [0.15, 0.2) is 0 Å². The summed E-state index contributed by atoms with van der Waals surface area (Å²) in [5.41, 5.74) is 0.157. The van der Waals surface area contributed by atoms with E-state index >= 15 is 0 Å². The van der Waals surface area contributed by atoms with E-state index in [1.54, 1.807) is 0 Å². The number of hydrogen-bond donors (Lipinski definition) is 0. The third-order valence-corrected chi connectivity index (χ3v) is 5.37. The van der Waals surface area contributed by atoms with Crippen molar-refractivity contribution in [2.45, 2.75) is 38.4 Å². The summed E-state index contributed by atoms with van der Waals surface area (Å²) < 4.78 is 0. The first-order chi connectivity index (χ1) is 5.39. The number of halogens is 1. The van der Waals surface area contributed by atoms with Gasteiger partial charge in [-0.2, -0.15) is 0 Å². The Labute approximate surface area is 82.0 Å². The van der Waals surface area contributed by atoms with Gasteiger partial charge in [0.1, 0.15) is 5.78 Å². The number of fused-ring (bicyclic) bond motifs is 2. The Balaban J connectivity index is 2.47. The Bertz CT molecular complexity index is 246. The van der Waals surface area contributed by atoms with Gasteiger partial charge in [-0.1, -0.05) is 36.7 Å². The molecular formula is C10H15BrO. The second kappa shape index (κ2) is 2.14. The van der Waals surface area contributed by atoms with E-state index in [-0.39, 0.29) is 10.8 Å². The molecule has 12 heavy (non-hydrogen) atoms. The Morgan fingerprint density at radius 3 is 2.25 bits per heavy atom. The summed E-state index contributed by atoms with van der Waals surface area (Å²) in [7, 11) is 0. The van der Waals surface area contributed by atoms with Gasteiger partial charge in [-0.05, 0) is 17.8 Å². The first kappa shape index (κ1) is 8.74. The lowest BCUT2D eigenvalue weighted by Crippen LogP contribution is -2.32. The summed E-state index contributed by atoms with van der Waals surface area (Å²) in [6.07, 6.45) is 1.82. The van der Waals surface area contributed by atoms with Gasteiger partial charge in [0.05, 0.1) is 0 Å². The van der Waals surface area contributed by atoms with E-state index in [1.165, 1.54) is 0 Å². The van der Waals surface area contributed by atoms with E-state index in [0.717, 1.165) is 12.8 Å². The van der Waals surface area contributed by atoms with Crippen molar-refractivity contribution in [2.75, 3.05) is 0 Å². The summed E-state index contributed by atoms with van der Waals surface area (Å²) in [6, 6.07) is 0. The average Bonchev–Trinajstić information content (AvgIpc) is 2.18. The van der Waals surface area contributed by atoms with Crippen molar-refractivity contribution < 1.29 is 4.79 Å². The Morgan fingerprint density at radius 1 is 1.42 bits per heavy atom. The topological polar surface area (TPSA) is 17.1 Å². The van der Waals surface area contributed by atoms with E-state index < -0.39 is 0 Å². The van der Waals surface area contributed by atoms with Gasteiger partial charge in [-0.25, -0.2) is 0 Å². The number of alkyl halides is 1. The SMILES string of the molecule is CC1(C)C2CC(=O)[C@]1(C)CC2Br. The summed E-state index contributed by atoms with van der Waals surface area (Å²) in [5.74, 6) is 1.04. The first-order valence-corrected chi connectivity index (χ1v) is 5.48. The second-order valence-corrected chi connectivity index (χ2v) is 6.18. The molecule has 2 saturated carbocycles. The molecule has 2 heteroatoms. The first-order valence-electron chi connectivity index (χ1n) is 4.57. The fourth-order valence-corrected chi connectivity index (χ4v) is 4.43. The van der Waals surface area contributed by atoms with Crippen molar-refractivity contribution in [3.63, 3.8) is 0 Å². The molecule has 2 unspecified atom stereocenters. The van der Waals surface area contributed by atoms with Crippen LogP contribution in [0.2, 0.25) is 0 Å². The van der Waals surface area contributed by atoms with Crippen molar-refractivity contribution in [2.24, 2.45) is 16.7 Å². The van der Waals surface area contributed by atoms with E-state index in [1.807, 2.05) is 0 Å². The average molecular weight is 231 g/mol. The summed E-state index contributed by atoms with van der Waals surface area (Å²) in [5, 5.41) is 0. The lowest BCUT2D eigenvalue weighted by atomic mass is 9.70. The van der Waals surface area contributed by atoms with Crippen LogP contribution in [0.5, 0.6) is 0 Å². The zero-order chi connectivity index (χ0) is 9.15. The molecule has 0 spiro atoms. The molecular weight excluding hydrogens is 216 g/mol. The molecule has 0 aliphatic heterocycles. The van der Waals surface area contributed by atoms with Gasteiger partial charge in [0, 0.05) is 16.7 Å². The van der Waals surface area contributed by atoms with Crippen molar-refractivity contribution in [3.8, 4) is 0 Å². The summed E-state index contributed by atoms with van der Waals surface area (Å²) in [6.45, 7) is 6.62. The van der Waals surface area contributed by atoms with Crippen LogP contribution in [-0.4, -0.2) is 10.6 Å². The molecule has 0 saturated heterocycles. The van der Waals surface area contributed by atoms with Crippen molar-refractivity contribution >= 4 is 21.7 Å². The highest BCUT2D eigenvalue weighted by atomic mass is 79.9. The monoisotopic (exact) mass is 230 g/mol. The number of rotatable bonds is 0. The molecule has 0 heterocycles. The van der Waals surface area contributed by atoms with Crippen LogP contribution >= 0.6 is 15.9 Å². The predicted molar refractivity (Wildman–Crippen MR) is 52.3 cm³/mol. The highest BCUT2D eigenvalue weighted by Crippen LogP contribution is 2.65. The standard InChI is InChI=1S/C10H15BrO/c1-9(2)6-4-8(12)10(9,3)5-7(6)11/h6-7H,4-5H2,1-3H3/t6?,7?,10-/m0/s1. The van der Waals surface area contributed by atoms with E-state index in [2.05, 4.69) is 36.7 Å². The van der Waals surface area contributed by atoms with Crippen LogP contribution in [0.4, 0.5) is 0 Å². The molecule has 0 N–H and O–H groups in total. The van der Waals surface area contributed by atoms with Gasteiger partial charge < -0.3 is 0 Å². The lowest BCUT2D eigenvalue weighted by Gasteiger charge is -2.32. The van der Waals surface area contributed by atoms with E-state index in [9.17, 15) is 4.79 Å². The van der Waals surface area contributed by atoms with Crippen molar-refractivity contribution in [1.29, 1.82) is 0 Å². The maximum atomic E-state index is 11.7. The van der Waals surface area contributed by atoms with Gasteiger partial charge in [0.25, 0.3) is 0 Å². The predicted octanol–water partition coefficient (Wildman–Crippen LogP) is 2.78. The molecule has 2 rings (SSSR count). The van der Waals surface area contributed by atoms with E-state index in [0.29, 0.717) is 16.5 Å². The minimum Gasteiger partial charge on any atom is -0.299 e. The molecule has 0 amide bonds. The smallest absolute Gasteiger partial charge is 0.139 e. The molecule has 68 valence electrons. The molecule has 2 fully saturated rings. The van der Waals surface area contributed by atoms with E-state index in [4.69, 9.17) is 0 Å². The molecule has 3 atom stereocenters. The Hall–Kier alpha value is 0.150. The van der Waals surface area contributed by atoms with Gasteiger partial charge >= 0.3 is 0 Å². The minimum absolute atomic E-state index is 0.0498. The highest BCUT2D eigenvalue weighted by molar-refractivity contribution is 9.09. The number of carbonyl (C=O) groups is 1. The summed E-state index contributed by atoms with van der Waals surface area (Å²) in [4.78, 5) is 12.3. The third kappa shape index (κ3) is 0.729.